The molecule has 47 heavy (non-hydrogen) atoms. The number of rotatable bonds is 15. The number of nitrogens with one attached hydrogen (secondary N) is 4. The highest BCUT2D eigenvalue weighted by Crippen LogP contribution is 2.14. The van der Waals surface area contributed by atoms with Crippen molar-refractivity contribution in [2.24, 2.45) is 0 Å². The Labute approximate surface area is 283 Å². The zero-order valence-corrected chi connectivity index (χ0v) is 26.6. The van der Waals surface area contributed by atoms with Gasteiger partial charge in [-0.2, -0.15) is 15.0 Å². The predicted molar refractivity (Wildman–Crippen MR) is 177 cm³/mol. The van der Waals surface area contributed by atoms with E-state index in [0.717, 1.165) is 6.07 Å². The number of nitrogen functional groups attached to an aromatic ring is 2. The number of halogens is 1. The Balaban J connectivity index is -0.000000622. The minimum atomic E-state index is -0.954. The average Bonchev–Trinajstić information content (AvgIpc) is 2.98. The number of hydrogen-bond donors (Lipinski definition) is 6. The molecular formula is C22H38IN11O13. The molecule has 25 heteroatoms. The summed E-state index contributed by atoms with van der Waals surface area (Å²) in [7, 11) is 4.52. The topological polar surface area (TPSA) is 343 Å². The summed E-state index contributed by atoms with van der Waals surface area (Å²) >= 11 is 1.40. The SMILES string of the molecule is C.COCCOc1nc(N)c([N+](=O)[O-])c(=O)[nH]1.COCCOc1nc(N)cc(=O)[nH]1.COCCOc1nc(N[N+](=O)[O-])cc(=O)[nH]1.[2HH].[2H]I. The van der Waals surface area contributed by atoms with Crippen LogP contribution in [0.4, 0.5) is 23.1 Å². The second-order valence-corrected chi connectivity index (χ2v) is 7.67. The first-order chi connectivity index (χ1) is 22.4. The van der Waals surface area contributed by atoms with Gasteiger partial charge in [0.2, 0.25) is 11.6 Å². The molecule has 0 radical (unpaired) electrons. The van der Waals surface area contributed by atoms with E-state index in [1.807, 2.05) is 0 Å². The Morgan fingerprint density at radius 2 is 1.26 bits per heavy atom. The summed E-state index contributed by atoms with van der Waals surface area (Å²) in [4.78, 5) is 70.5. The highest BCUT2D eigenvalue weighted by Gasteiger charge is 2.20. The lowest BCUT2D eigenvalue weighted by Gasteiger charge is -2.04. The Bertz CT molecular complexity index is 1560. The first kappa shape index (κ1) is 41.8. The standard InChI is InChI=1S/2C7H10N4O5.C7H11N3O3.CH4.HI.H2/c1-15-2-3-16-7-9-5(8)4(11(13)14)6(12)10-7;1-15-2-3-16-7-8-5(10-11(13)14)4-6(12)9-7;1-12-2-3-13-7-9-5(8)4-6(11)10-7;;;/h2-3H2,1H3,(H3,8,9,10,12);4H,2-3H2,1H3,(H2,8,9,10,12);4H,2-3H2,1H3,(H3,8,9,10,11);1H4;2*1H/i;;;;;1+1/hD. The lowest BCUT2D eigenvalue weighted by molar-refractivity contribution is -0.445. The van der Waals surface area contributed by atoms with Gasteiger partial charge in [-0.25, -0.2) is 10.1 Å². The van der Waals surface area contributed by atoms with E-state index < -0.39 is 32.6 Å². The van der Waals surface area contributed by atoms with E-state index >= 15 is 0 Å². The number of nitro groups is 2. The van der Waals surface area contributed by atoms with Gasteiger partial charge in [-0.15, -0.1) is 23.8 Å². The van der Waals surface area contributed by atoms with Crippen LogP contribution in [-0.4, -0.2) is 101 Å². The number of H-pyrrole nitrogens is 3. The number of aromatic nitrogens is 6. The molecule has 0 aliphatic heterocycles. The fourth-order valence-corrected chi connectivity index (χ4v) is 2.55. The predicted octanol–water partition coefficient (Wildman–Crippen LogP) is -0.438. The smallest absolute Gasteiger partial charge is 0.375 e. The van der Waals surface area contributed by atoms with E-state index in [1.54, 1.807) is 12.5 Å². The number of ether oxygens (including phenoxy) is 6. The van der Waals surface area contributed by atoms with Gasteiger partial charge >= 0.3 is 11.2 Å². The van der Waals surface area contributed by atoms with Crippen LogP contribution in [0.25, 0.3) is 0 Å². The van der Waals surface area contributed by atoms with Crippen LogP contribution in [0, 0.1) is 20.2 Å². The first-order valence-corrected chi connectivity index (χ1v) is 12.2. The Hall–Kier alpha value is -5.15. The molecule has 3 heterocycles. The van der Waals surface area contributed by atoms with Crippen LogP contribution < -0.4 is 47.8 Å². The monoisotopic (exact) mass is 793 g/mol. The molecule has 3 aromatic rings. The van der Waals surface area contributed by atoms with Crippen molar-refractivity contribution in [1.29, 1.82) is 0.594 Å². The molecule has 0 atom stereocenters. The van der Waals surface area contributed by atoms with Crippen molar-refractivity contribution in [3.8, 4) is 18.0 Å². The Morgan fingerprint density at radius 3 is 1.66 bits per heavy atom. The van der Waals surface area contributed by atoms with Crippen molar-refractivity contribution in [3.05, 3.63) is 63.4 Å². The molecule has 3 aromatic heterocycles. The molecule has 24 nitrogen and oxygen atoms in total. The maximum atomic E-state index is 11.2. The van der Waals surface area contributed by atoms with Crippen LogP contribution in [-0.2, 0) is 14.2 Å². The molecule has 266 valence electrons. The summed E-state index contributed by atoms with van der Waals surface area (Å²) in [6.07, 6.45) is 0. The minimum Gasteiger partial charge on any atom is -0.462 e. The van der Waals surface area contributed by atoms with Crippen LogP contribution >= 0.6 is 23.8 Å². The van der Waals surface area contributed by atoms with E-state index in [0.29, 0.717) is 26.4 Å². The number of anilines is 3. The molecule has 8 N–H and O–H groups in total. The molecule has 0 spiro atoms. The third-order valence-electron chi connectivity index (χ3n) is 4.33. The molecule has 0 bridgehead atoms. The number of nitrogens with two attached hydrogens (primary N) is 2. The van der Waals surface area contributed by atoms with E-state index in [4.69, 9.17) is 40.5 Å². The van der Waals surface area contributed by atoms with Crippen molar-refractivity contribution in [2.45, 2.75) is 7.43 Å². The summed E-state index contributed by atoms with van der Waals surface area (Å²) in [5.74, 6) is -0.543. The lowest BCUT2D eigenvalue weighted by Crippen LogP contribution is -2.18. The van der Waals surface area contributed by atoms with Crippen molar-refractivity contribution in [2.75, 3.05) is 77.9 Å². The number of hydrazine groups is 1. The average molecular weight is 794 g/mol. The minimum absolute atomic E-state index is 0. The number of methoxy groups -OCH3 is 3. The molecule has 0 aromatic carbocycles. The van der Waals surface area contributed by atoms with Gasteiger partial charge in [-0.3, -0.25) is 39.4 Å². The summed E-state index contributed by atoms with van der Waals surface area (Å²) in [6, 6.07) is 1.97. The maximum Gasteiger partial charge on any atom is 0.375 e. The fraction of sp³-hybridized carbons (Fsp3) is 0.455. The van der Waals surface area contributed by atoms with Gasteiger partial charge in [-0.1, -0.05) is 12.9 Å². The maximum absolute atomic E-state index is 11.2. The third kappa shape index (κ3) is 18.4. The second kappa shape index (κ2) is 24.1. The van der Waals surface area contributed by atoms with Gasteiger partial charge in [0.15, 0.2) is 5.03 Å². The highest BCUT2D eigenvalue weighted by molar-refractivity contribution is 14.0. The van der Waals surface area contributed by atoms with E-state index in [9.17, 15) is 34.6 Å². The van der Waals surface area contributed by atoms with Crippen molar-refractivity contribution >= 4 is 46.9 Å². The molecule has 3 rings (SSSR count). The van der Waals surface area contributed by atoms with Gasteiger partial charge in [0, 0.05) is 28.8 Å². The number of nitrogens with zero attached hydrogens (tertiary/aromatic N) is 5. The summed E-state index contributed by atoms with van der Waals surface area (Å²) in [6.45, 7) is 1.69. The molecule has 0 fully saturated rings. The van der Waals surface area contributed by atoms with Gasteiger partial charge in [0.25, 0.3) is 29.1 Å². The second-order valence-electron chi connectivity index (χ2n) is 7.67. The normalized spacial score (nSPS) is 9.66. The molecule has 0 saturated heterocycles. The molecule has 0 aliphatic rings. The highest BCUT2D eigenvalue weighted by atomic mass is 127. The molecule has 0 aliphatic carbocycles. The zero-order valence-electron chi connectivity index (χ0n) is 25.5. The summed E-state index contributed by atoms with van der Waals surface area (Å²) < 4.78 is 34.9. The van der Waals surface area contributed by atoms with E-state index in [1.165, 1.54) is 44.1 Å². The van der Waals surface area contributed by atoms with Gasteiger partial charge in [0.1, 0.15) is 26.2 Å². The molecule has 0 amide bonds. The fourth-order valence-electron chi connectivity index (χ4n) is 2.55. The van der Waals surface area contributed by atoms with Crippen LogP contribution in [0.1, 0.15) is 8.85 Å². The Kier molecular flexibility index (Phi) is 21.5. The molecular weight excluding hydrogens is 753 g/mol. The van der Waals surface area contributed by atoms with E-state index in [2.05, 4.69) is 29.9 Å². The Morgan fingerprint density at radius 1 is 0.809 bits per heavy atom. The van der Waals surface area contributed by atoms with Gasteiger partial charge in [-0.05, 0) is 0 Å². The van der Waals surface area contributed by atoms with Crippen molar-refractivity contribution < 1.29 is 39.8 Å². The summed E-state index contributed by atoms with van der Waals surface area (Å²) in [5.41, 5.74) is 9.69. The van der Waals surface area contributed by atoms with Crippen LogP contribution in [0.5, 0.6) is 18.0 Å². The number of hydrogen-bond acceptors (Lipinski definition) is 18. The van der Waals surface area contributed by atoms with Crippen molar-refractivity contribution in [1.82, 2.24) is 29.9 Å². The van der Waals surface area contributed by atoms with Gasteiger partial charge < -0.3 is 39.9 Å². The lowest BCUT2D eigenvalue weighted by atomic mass is 10.5. The van der Waals surface area contributed by atoms with Gasteiger partial charge in [0.05, 0.1) is 30.8 Å². The largest absolute Gasteiger partial charge is 0.462 e. The quantitative estimate of drug-likeness (QED) is 0.0491. The number of aromatic amines is 3. The summed E-state index contributed by atoms with van der Waals surface area (Å²) in [5, 5.41) is 19.7. The third-order valence-corrected chi connectivity index (χ3v) is 4.33. The zero-order chi connectivity index (χ0) is 35.8. The first-order valence-electron chi connectivity index (χ1n) is 12.6. The van der Waals surface area contributed by atoms with Crippen molar-refractivity contribution in [3.63, 3.8) is 0 Å². The van der Waals surface area contributed by atoms with Crippen LogP contribution in [0.15, 0.2) is 26.5 Å². The van der Waals surface area contributed by atoms with E-state index in [-0.39, 0.29) is 57.3 Å². The molecule has 0 unspecified atom stereocenters. The van der Waals surface area contributed by atoms with Crippen LogP contribution in [0.3, 0.4) is 0 Å². The van der Waals surface area contributed by atoms with Crippen LogP contribution in [0.2, 0.25) is 0 Å². The molecule has 0 saturated carbocycles.